The molecule has 0 saturated carbocycles. The van der Waals surface area contributed by atoms with Crippen molar-refractivity contribution < 1.29 is 28.5 Å². The summed E-state index contributed by atoms with van der Waals surface area (Å²) in [5.41, 5.74) is 2.66. The number of aliphatic hydroxyl groups excluding tert-OH is 3. The van der Waals surface area contributed by atoms with Crippen molar-refractivity contribution in [3.8, 4) is 0 Å². The van der Waals surface area contributed by atoms with Crippen LogP contribution in [0.3, 0.4) is 0 Å². The van der Waals surface area contributed by atoms with Crippen LogP contribution in [0.4, 0.5) is 0 Å². The lowest BCUT2D eigenvalue weighted by Gasteiger charge is -2.15. The summed E-state index contributed by atoms with van der Waals surface area (Å²) in [6.45, 7) is -0.852. The zero-order valence-electron chi connectivity index (χ0n) is 11.8. The summed E-state index contributed by atoms with van der Waals surface area (Å²) in [4.78, 5) is 25.4. The van der Waals surface area contributed by atoms with Crippen LogP contribution in [0.1, 0.15) is 11.7 Å². The molecule has 0 aromatic carbocycles. The second-order valence-electron chi connectivity index (χ2n) is 5.00. The second kappa shape index (κ2) is 6.51. The van der Waals surface area contributed by atoms with Crippen LogP contribution in [0.25, 0.3) is 0 Å². The maximum absolute atomic E-state index is 12.0. The van der Waals surface area contributed by atoms with Crippen molar-refractivity contribution >= 4 is 10.0 Å². The molecular weight excluding hydrogens is 334 g/mol. The highest BCUT2D eigenvalue weighted by atomic mass is 32.2. The molecule has 130 valence electrons. The van der Waals surface area contributed by atoms with Crippen molar-refractivity contribution in [1.29, 1.82) is 0 Å². The minimum absolute atomic E-state index is 0.239. The first-order chi connectivity index (χ1) is 10.7. The third-order valence-corrected chi connectivity index (χ3v) is 5.09. The van der Waals surface area contributed by atoms with Gasteiger partial charge in [0.05, 0.1) is 17.9 Å². The number of nitrogens with two attached hydrogens (primary N) is 1. The number of nitrogens with one attached hydrogen (secondary N) is 1. The Morgan fingerprint density at radius 1 is 1.30 bits per heavy atom. The van der Waals surface area contributed by atoms with Gasteiger partial charge in [-0.1, -0.05) is 0 Å². The van der Waals surface area contributed by atoms with Crippen LogP contribution < -0.4 is 17.0 Å². The summed E-state index contributed by atoms with van der Waals surface area (Å²) in [6.07, 6.45) is -4.85. The number of nitrogens with zero attached hydrogens (tertiary/aromatic N) is 1. The lowest BCUT2D eigenvalue weighted by Crippen LogP contribution is -2.39. The van der Waals surface area contributed by atoms with Crippen LogP contribution in [-0.4, -0.2) is 69.9 Å². The third kappa shape index (κ3) is 3.22. The summed E-state index contributed by atoms with van der Waals surface area (Å²) in [6, 6.07) is 0. The topological polar surface area (TPSA) is 185 Å². The Morgan fingerprint density at radius 2 is 1.96 bits per heavy atom. The number of hydrogen-bond donors (Lipinski definition) is 5. The van der Waals surface area contributed by atoms with Crippen LogP contribution in [0.15, 0.2) is 15.8 Å². The van der Waals surface area contributed by atoms with E-state index in [9.17, 15) is 28.2 Å². The molecule has 1 saturated heterocycles. The highest BCUT2D eigenvalue weighted by Crippen LogP contribution is 2.31. The molecule has 1 fully saturated rings. The number of H-pyrrole nitrogens is 1. The van der Waals surface area contributed by atoms with Crippen molar-refractivity contribution in [1.82, 2.24) is 8.96 Å². The first kappa shape index (κ1) is 17.8. The molecule has 6 N–H and O–H groups in total. The number of rotatable bonds is 5. The van der Waals surface area contributed by atoms with Crippen molar-refractivity contribution in [2.45, 2.75) is 24.4 Å². The Balaban J connectivity index is 2.53. The van der Waals surface area contributed by atoms with Crippen LogP contribution in [0.2, 0.25) is 0 Å². The van der Waals surface area contributed by atoms with Gasteiger partial charge in [0.1, 0.15) is 24.4 Å². The number of aromatic nitrogens is 2. The molecule has 11 nitrogen and oxygen atoms in total. The molecule has 2 rings (SSSR count). The Morgan fingerprint density at radius 3 is 2.48 bits per heavy atom. The van der Waals surface area contributed by atoms with E-state index in [0.717, 1.165) is 6.20 Å². The van der Waals surface area contributed by atoms with E-state index in [4.69, 9.17) is 15.6 Å². The van der Waals surface area contributed by atoms with Gasteiger partial charge in [0.25, 0.3) is 5.56 Å². The van der Waals surface area contributed by atoms with Gasteiger partial charge in [-0.15, -0.1) is 0 Å². The lowest BCUT2D eigenvalue weighted by atomic mass is 10.0. The maximum Gasteiger partial charge on any atom is 0.342 e. The highest BCUT2D eigenvalue weighted by molar-refractivity contribution is 7.89. The lowest BCUT2D eigenvalue weighted by molar-refractivity contribution is -0.0232. The zero-order chi connectivity index (χ0) is 17.4. The minimum atomic E-state index is -4.10. The van der Waals surface area contributed by atoms with Gasteiger partial charge in [-0.3, -0.25) is 9.78 Å². The van der Waals surface area contributed by atoms with Crippen molar-refractivity contribution in [3.05, 3.63) is 32.6 Å². The molecule has 0 amide bonds. The highest BCUT2D eigenvalue weighted by Gasteiger charge is 2.44. The Hall–Kier alpha value is -1.57. The third-order valence-electron chi connectivity index (χ3n) is 3.46. The molecule has 2 heterocycles. The van der Waals surface area contributed by atoms with E-state index in [0.29, 0.717) is 3.97 Å². The van der Waals surface area contributed by atoms with Crippen LogP contribution in [0.5, 0.6) is 0 Å². The Labute approximate surface area is 130 Å². The molecule has 0 spiro atoms. The van der Waals surface area contributed by atoms with E-state index in [1.807, 2.05) is 4.98 Å². The van der Waals surface area contributed by atoms with Gasteiger partial charge in [0.2, 0.25) is 10.0 Å². The summed E-state index contributed by atoms with van der Waals surface area (Å²) in [5, 5.41) is 28.6. The monoisotopic (exact) mass is 351 g/mol. The zero-order valence-corrected chi connectivity index (χ0v) is 12.6. The van der Waals surface area contributed by atoms with E-state index in [1.165, 1.54) is 0 Å². The number of hydrogen-bond acceptors (Lipinski definition) is 9. The summed E-state index contributed by atoms with van der Waals surface area (Å²) < 4.78 is 29.4. The van der Waals surface area contributed by atoms with E-state index >= 15 is 0 Å². The van der Waals surface area contributed by atoms with Gasteiger partial charge < -0.3 is 25.8 Å². The van der Waals surface area contributed by atoms with Crippen molar-refractivity contribution in [2.75, 3.05) is 18.9 Å². The first-order valence-corrected chi connectivity index (χ1v) is 8.25. The summed E-state index contributed by atoms with van der Waals surface area (Å²) in [7, 11) is -4.10. The number of aliphatic hydroxyl groups is 3. The van der Waals surface area contributed by atoms with Gasteiger partial charge >= 0.3 is 5.69 Å². The fraction of sp³-hybridized carbons (Fsp3) is 0.636. The van der Waals surface area contributed by atoms with E-state index in [2.05, 4.69) is 0 Å². The predicted molar refractivity (Wildman–Crippen MR) is 76.3 cm³/mol. The molecule has 1 aliphatic heterocycles. The van der Waals surface area contributed by atoms with Gasteiger partial charge in [-0.05, 0) is 0 Å². The molecule has 0 unspecified atom stereocenters. The standard InChI is InChI=1S/C11H17N3O8S/c12-1-2-23(20,21)14-3-5(10(18)13-11(14)19)9-8(17)7(16)6(4-15)22-9/h3,6-9,15-17H,1-2,4,12H2,(H,13,18,19)/t6-,7-,8-,9+/m1/s1. The van der Waals surface area contributed by atoms with E-state index in [-0.39, 0.29) is 12.1 Å². The second-order valence-corrected chi connectivity index (χ2v) is 6.97. The normalized spacial score (nSPS) is 28.2. The number of ether oxygens (including phenoxy) is 1. The predicted octanol–water partition coefficient (Wildman–Crippen LogP) is -4.17. The molecule has 1 aliphatic rings. The van der Waals surface area contributed by atoms with Crippen molar-refractivity contribution in [3.63, 3.8) is 0 Å². The smallest absolute Gasteiger partial charge is 0.342 e. The van der Waals surface area contributed by atoms with Gasteiger partial charge in [-0.2, -0.15) is 3.97 Å². The molecule has 4 atom stereocenters. The summed E-state index contributed by atoms with van der Waals surface area (Å²) >= 11 is 0. The molecule has 23 heavy (non-hydrogen) atoms. The largest absolute Gasteiger partial charge is 0.394 e. The van der Waals surface area contributed by atoms with Crippen LogP contribution in [0, 0.1) is 0 Å². The van der Waals surface area contributed by atoms with Crippen LogP contribution in [-0.2, 0) is 14.8 Å². The van der Waals surface area contributed by atoms with Gasteiger partial charge in [-0.25, -0.2) is 13.2 Å². The molecular formula is C11H17N3O8S. The molecule has 0 aliphatic carbocycles. The van der Waals surface area contributed by atoms with Crippen molar-refractivity contribution in [2.24, 2.45) is 5.73 Å². The van der Waals surface area contributed by atoms with E-state index in [1.54, 1.807) is 0 Å². The molecule has 0 bridgehead atoms. The van der Waals surface area contributed by atoms with Gasteiger partial charge in [0, 0.05) is 12.7 Å². The molecule has 12 heteroatoms. The Bertz CT molecular complexity index is 785. The van der Waals surface area contributed by atoms with E-state index < -0.39 is 58.0 Å². The maximum atomic E-state index is 12.0. The quantitative estimate of drug-likeness (QED) is 0.351. The molecule has 1 aromatic heterocycles. The Kier molecular flexibility index (Phi) is 5.03. The van der Waals surface area contributed by atoms with Crippen LogP contribution >= 0.6 is 0 Å². The average Bonchev–Trinajstić information content (AvgIpc) is 2.75. The summed E-state index contributed by atoms with van der Waals surface area (Å²) in [5.74, 6) is -0.533. The first-order valence-electron chi connectivity index (χ1n) is 6.64. The molecule has 1 aromatic rings. The SMILES string of the molecule is NCCS(=O)(=O)n1cc([C@@H]2O[C@H](CO)[C@@H](O)[C@H]2O)c(=O)[nH]c1=O. The number of aromatic amines is 1. The molecule has 0 radical (unpaired) electrons. The minimum Gasteiger partial charge on any atom is -0.394 e. The average molecular weight is 351 g/mol. The fourth-order valence-corrected chi connectivity index (χ4v) is 3.35. The fourth-order valence-electron chi connectivity index (χ4n) is 2.28. The van der Waals surface area contributed by atoms with Gasteiger partial charge in [0.15, 0.2) is 0 Å².